The Bertz CT molecular complexity index is 265. The van der Waals surface area contributed by atoms with E-state index in [9.17, 15) is 0 Å². The molecule has 0 unspecified atom stereocenters. The summed E-state index contributed by atoms with van der Waals surface area (Å²) in [5, 5.41) is 11.3. The van der Waals surface area contributed by atoms with Crippen molar-refractivity contribution in [1.82, 2.24) is 0 Å². The van der Waals surface area contributed by atoms with Gasteiger partial charge < -0.3 is 5.21 Å². The van der Waals surface area contributed by atoms with Gasteiger partial charge in [0.05, 0.1) is 6.21 Å². The third-order valence-corrected chi connectivity index (χ3v) is 2.52. The lowest BCUT2D eigenvalue weighted by Crippen LogP contribution is -1.89. The van der Waals surface area contributed by atoms with Crippen molar-refractivity contribution in [2.75, 3.05) is 0 Å². The summed E-state index contributed by atoms with van der Waals surface area (Å²) >= 11 is 1.68. The molecule has 1 aromatic rings. The van der Waals surface area contributed by atoms with Gasteiger partial charge in [-0.3, -0.25) is 0 Å². The maximum Gasteiger partial charge on any atom is 0.0833 e. The van der Waals surface area contributed by atoms with Crippen molar-refractivity contribution in [2.45, 2.75) is 20.3 Å². The fourth-order valence-electron chi connectivity index (χ4n) is 1.03. The van der Waals surface area contributed by atoms with Crippen molar-refractivity contribution in [3.05, 3.63) is 21.9 Å². The average molecular weight is 183 g/mol. The van der Waals surface area contributed by atoms with Gasteiger partial charge in [-0.1, -0.05) is 19.0 Å². The van der Waals surface area contributed by atoms with Gasteiger partial charge in [0.15, 0.2) is 0 Å². The van der Waals surface area contributed by atoms with Gasteiger partial charge >= 0.3 is 0 Å². The molecule has 1 aromatic heterocycles. The maximum atomic E-state index is 8.29. The number of rotatable bonds is 3. The molecule has 1 rings (SSSR count). The van der Waals surface area contributed by atoms with E-state index in [1.165, 1.54) is 11.1 Å². The lowest BCUT2D eigenvalue weighted by Gasteiger charge is -1.98. The molecule has 0 atom stereocenters. The van der Waals surface area contributed by atoms with Crippen LogP contribution in [-0.2, 0) is 6.42 Å². The molecule has 0 amide bonds. The van der Waals surface area contributed by atoms with Crippen LogP contribution < -0.4 is 0 Å². The molecule has 2 nitrogen and oxygen atoms in total. The monoisotopic (exact) mass is 183 g/mol. The van der Waals surface area contributed by atoms with Crippen LogP contribution in [0.4, 0.5) is 0 Å². The molecule has 3 heteroatoms. The molecule has 0 saturated heterocycles. The molecule has 0 aliphatic carbocycles. The molecule has 0 aliphatic heterocycles. The number of oxime groups is 1. The Morgan fingerprint density at radius 2 is 2.33 bits per heavy atom. The molecule has 66 valence electrons. The highest BCUT2D eigenvalue weighted by Gasteiger charge is 2.00. The van der Waals surface area contributed by atoms with Gasteiger partial charge in [-0.05, 0) is 24.5 Å². The second-order valence-corrected chi connectivity index (χ2v) is 4.35. The SMILES string of the molecule is CC(C)Cc1ccc(/C=N\O)s1. The molecule has 0 fully saturated rings. The summed E-state index contributed by atoms with van der Waals surface area (Å²) in [6.07, 6.45) is 2.57. The number of hydrogen-bond acceptors (Lipinski definition) is 3. The molecule has 0 aliphatic rings. The van der Waals surface area contributed by atoms with Crippen LogP contribution in [0.2, 0.25) is 0 Å². The van der Waals surface area contributed by atoms with Gasteiger partial charge in [-0.15, -0.1) is 11.3 Å². The highest BCUT2D eigenvalue weighted by molar-refractivity contribution is 7.13. The first-order valence-corrected chi connectivity index (χ1v) is 4.80. The lowest BCUT2D eigenvalue weighted by molar-refractivity contribution is 0.322. The summed E-state index contributed by atoms with van der Waals surface area (Å²) in [7, 11) is 0. The number of nitrogens with zero attached hydrogens (tertiary/aromatic N) is 1. The highest BCUT2D eigenvalue weighted by atomic mass is 32.1. The molecule has 0 aromatic carbocycles. The second-order valence-electron chi connectivity index (χ2n) is 3.15. The van der Waals surface area contributed by atoms with Crippen LogP contribution in [-0.4, -0.2) is 11.4 Å². The van der Waals surface area contributed by atoms with E-state index in [0.29, 0.717) is 5.92 Å². The predicted octanol–water partition coefficient (Wildman–Crippen LogP) is 2.75. The van der Waals surface area contributed by atoms with E-state index in [2.05, 4.69) is 25.1 Å². The Hall–Kier alpha value is -0.830. The van der Waals surface area contributed by atoms with Gasteiger partial charge in [0.1, 0.15) is 0 Å². The van der Waals surface area contributed by atoms with E-state index in [1.54, 1.807) is 11.3 Å². The van der Waals surface area contributed by atoms with Gasteiger partial charge in [0, 0.05) is 9.75 Å². The molecule has 1 N–H and O–H groups in total. The summed E-state index contributed by atoms with van der Waals surface area (Å²) in [5.41, 5.74) is 0. The van der Waals surface area contributed by atoms with E-state index in [0.717, 1.165) is 11.3 Å². The number of thiophene rings is 1. The molecule has 12 heavy (non-hydrogen) atoms. The van der Waals surface area contributed by atoms with Crippen molar-refractivity contribution in [1.29, 1.82) is 0 Å². The van der Waals surface area contributed by atoms with Crippen LogP contribution in [0.15, 0.2) is 17.3 Å². The second kappa shape index (κ2) is 4.26. The maximum absolute atomic E-state index is 8.29. The minimum atomic E-state index is 0.683. The minimum absolute atomic E-state index is 0.683. The van der Waals surface area contributed by atoms with E-state index in [4.69, 9.17) is 5.21 Å². The quantitative estimate of drug-likeness (QED) is 0.436. The summed E-state index contributed by atoms with van der Waals surface area (Å²) in [6.45, 7) is 4.39. The topological polar surface area (TPSA) is 32.6 Å². The van der Waals surface area contributed by atoms with Crippen molar-refractivity contribution < 1.29 is 5.21 Å². The Morgan fingerprint density at radius 1 is 1.58 bits per heavy atom. The zero-order valence-electron chi connectivity index (χ0n) is 7.32. The largest absolute Gasteiger partial charge is 0.411 e. The first-order chi connectivity index (χ1) is 5.72. The van der Waals surface area contributed by atoms with Gasteiger partial charge in [-0.25, -0.2) is 0 Å². The Balaban J connectivity index is 2.64. The minimum Gasteiger partial charge on any atom is -0.411 e. The summed E-state index contributed by atoms with van der Waals surface area (Å²) in [6, 6.07) is 4.06. The fourth-order valence-corrected chi connectivity index (χ4v) is 2.12. The summed E-state index contributed by atoms with van der Waals surface area (Å²) < 4.78 is 0. The Kier molecular flexibility index (Phi) is 3.29. The predicted molar refractivity (Wildman–Crippen MR) is 52.2 cm³/mol. The molecule has 0 bridgehead atoms. The molecular formula is C9H13NOS. The molecule has 0 radical (unpaired) electrons. The third kappa shape index (κ3) is 2.66. The summed E-state index contributed by atoms with van der Waals surface area (Å²) in [5.74, 6) is 0.683. The Morgan fingerprint density at radius 3 is 2.92 bits per heavy atom. The van der Waals surface area contributed by atoms with Crippen molar-refractivity contribution in [2.24, 2.45) is 11.1 Å². The van der Waals surface area contributed by atoms with Crippen molar-refractivity contribution in [3.63, 3.8) is 0 Å². The van der Waals surface area contributed by atoms with Crippen LogP contribution in [0, 0.1) is 5.92 Å². The zero-order chi connectivity index (χ0) is 8.97. The number of hydrogen-bond donors (Lipinski definition) is 1. The van der Waals surface area contributed by atoms with E-state index in [1.807, 2.05) is 6.07 Å². The third-order valence-electron chi connectivity index (χ3n) is 1.48. The first kappa shape index (κ1) is 9.26. The molecule has 0 spiro atoms. The van der Waals surface area contributed by atoms with Gasteiger partial charge in [0.25, 0.3) is 0 Å². The highest BCUT2D eigenvalue weighted by Crippen LogP contribution is 2.18. The average Bonchev–Trinajstić information content (AvgIpc) is 2.36. The lowest BCUT2D eigenvalue weighted by atomic mass is 10.1. The first-order valence-electron chi connectivity index (χ1n) is 3.98. The standard InChI is InChI=1S/C9H13NOS/c1-7(2)5-8-3-4-9(12-8)6-10-11/h3-4,6-7,11H,5H2,1-2H3/b10-6-. The van der Waals surface area contributed by atoms with E-state index in [-0.39, 0.29) is 0 Å². The fraction of sp³-hybridized carbons (Fsp3) is 0.444. The van der Waals surface area contributed by atoms with E-state index < -0.39 is 0 Å². The molecular weight excluding hydrogens is 170 g/mol. The summed E-state index contributed by atoms with van der Waals surface area (Å²) in [4.78, 5) is 2.35. The normalized spacial score (nSPS) is 11.6. The van der Waals surface area contributed by atoms with Crippen molar-refractivity contribution in [3.8, 4) is 0 Å². The molecule has 1 heterocycles. The van der Waals surface area contributed by atoms with Crippen LogP contribution >= 0.6 is 11.3 Å². The van der Waals surface area contributed by atoms with E-state index >= 15 is 0 Å². The van der Waals surface area contributed by atoms with Crippen LogP contribution in [0.25, 0.3) is 0 Å². The van der Waals surface area contributed by atoms with Gasteiger partial charge in [0.2, 0.25) is 0 Å². The van der Waals surface area contributed by atoms with Crippen LogP contribution in [0.1, 0.15) is 23.6 Å². The Labute approximate surface area is 76.5 Å². The smallest absolute Gasteiger partial charge is 0.0833 e. The van der Waals surface area contributed by atoms with Crippen LogP contribution in [0.3, 0.4) is 0 Å². The zero-order valence-corrected chi connectivity index (χ0v) is 8.14. The van der Waals surface area contributed by atoms with Crippen molar-refractivity contribution >= 4 is 17.6 Å². The molecule has 0 saturated carbocycles. The van der Waals surface area contributed by atoms with Crippen LogP contribution in [0.5, 0.6) is 0 Å². The van der Waals surface area contributed by atoms with Gasteiger partial charge in [-0.2, -0.15) is 0 Å².